The Morgan fingerprint density at radius 3 is 2.75 bits per heavy atom. The molecule has 112 valence electrons. The van der Waals surface area contributed by atoms with Crippen molar-refractivity contribution >= 4 is 0 Å². The number of methoxy groups -OCH3 is 1. The van der Waals surface area contributed by atoms with Crippen LogP contribution in [0.1, 0.15) is 32.3 Å². The average Bonchev–Trinajstić information content (AvgIpc) is 2.66. The zero-order valence-corrected chi connectivity index (χ0v) is 13.2. The Morgan fingerprint density at radius 2 is 2.15 bits per heavy atom. The van der Waals surface area contributed by atoms with Gasteiger partial charge in [0, 0.05) is 19.1 Å². The first-order chi connectivity index (χ1) is 9.42. The average molecular weight is 276 g/mol. The van der Waals surface area contributed by atoms with E-state index in [0.717, 1.165) is 18.8 Å². The molecule has 1 aliphatic rings. The van der Waals surface area contributed by atoms with E-state index in [2.05, 4.69) is 37.9 Å². The number of hydrogen-bond acceptors (Lipinski definition) is 3. The Balaban J connectivity index is 1.91. The number of rotatable bonds is 5. The summed E-state index contributed by atoms with van der Waals surface area (Å²) >= 11 is 0. The van der Waals surface area contributed by atoms with Gasteiger partial charge in [-0.25, -0.2) is 0 Å². The van der Waals surface area contributed by atoms with Gasteiger partial charge in [0.05, 0.1) is 7.11 Å². The van der Waals surface area contributed by atoms with Gasteiger partial charge in [0.1, 0.15) is 5.75 Å². The van der Waals surface area contributed by atoms with E-state index in [0.29, 0.717) is 17.4 Å². The number of nitrogens with two attached hydrogens (primary N) is 1. The highest BCUT2D eigenvalue weighted by molar-refractivity contribution is 5.28. The van der Waals surface area contributed by atoms with E-state index < -0.39 is 0 Å². The highest BCUT2D eigenvalue weighted by Crippen LogP contribution is 2.40. The lowest BCUT2D eigenvalue weighted by Gasteiger charge is -2.29. The van der Waals surface area contributed by atoms with Crippen molar-refractivity contribution in [3.63, 3.8) is 0 Å². The maximum absolute atomic E-state index is 6.40. The maximum atomic E-state index is 6.40. The quantitative estimate of drug-likeness (QED) is 0.898. The molecular weight excluding hydrogens is 248 g/mol. The first-order valence-corrected chi connectivity index (χ1v) is 7.49. The van der Waals surface area contributed by atoms with Gasteiger partial charge in [0.15, 0.2) is 0 Å². The third kappa shape index (κ3) is 3.53. The van der Waals surface area contributed by atoms with Gasteiger partial charge in [-0.2, -0.15) is 0 Å². The Morgan fingerprint density at radius 1 is 1.40 bits per heavy atom. The van der Waals surface area contributed by atoms with Crippen LogP contribution in [-0.2, 0) is 6.54 Å². The molecule has 1 fully saturated rings. The van der Waals surface area contributed by atoms with E-state index in [4.69, 9.17) is 10.5 Å². The second-order valence-electron chi connectivity index (χ2n) is 6.86. The molecule has 3 heteroatoms. The molecule has 1 aromatic carbocycles. The summed E-state index contributed by atoms with van der Waals surface area (Å²) in [4.78, 5) is 2.38. The number of hydrogen-bond donors (Lipinski definition) is 1. The molecule has 0 heterocycles. The summed E-state index contributed by atoms with van der Waals surface area (Å²) in [5.74, 6) is 1.54. The molecule has 2 rings (SSSR count). The van der Waals surface area contributed by atoms with Crippen molar-refractivity contribution in [2.24, 2.45) is 17.1 Å². The SMILES string of the molecule is COc1cccc(CN(C)CC2CCC(C)(C)C2N)c1. The van der Waals surface area contributed by atoms with Gasteiger partial charge in [-0.05, 0) is 48.9 Å². The van der Waals surface area contributed by atoms with E-state index in [1.807, 2.05) is 12.1 Å². The van der Waals surface area contributed by atoms with E-state index in [-0.39, 0.29) is 0 Å². The van der Waals surface area contributed by atoms with Gasteiger partial charge >= 0.3 is 0 Å². The molecule has 1 saturated carbocycles. The number of benzene rings is 1. The fraction of sp³-hybridized carbons (Fsp3) is 0.647. The summed E-state index contributed by atoms with van der Waals surface area (Å²) in [7, 11) is 3.89. The largest absolute Gasteiger partial charge is 0.497 e. The lowest BCUT2D eigenvalue weighted by Crippen LogP contribution is -2.41. The van der Waals surface area contributed by atoms with Crippen molar-refractivity contribution in [2.75, 3.05) is 20.7 Å². The molecule has 1 aliphatic carbocycles. The van der Waals surface area contributed by atoms with Crippen molar-refractivity contribution in [1.82, 2.24) is 4.90 Å². The van der Waals surface area contributed by atoms with Crippen LogP contribution in [-0.4, -0.2) is 31.6 Å². The van der Waals surface area contributed by atoms with Gasteiger partial charge in [0.2, 0.25) is 0 Å². The minimum atomic E-state index is 0.293. The topological polar surface area (TPSA) is 38.5 Å². The van der Waals surface area contributed by atoms with E-state index in [9.17, 15) is 0 Å². The van der Waals surface area contributed by atoms with Crippen LogP contribution in [0.25, 0.3) is 0 Å². The zero-order chi connectivity index (χ0) is 14.8. The predicted molar refractivity (Wildman–Crippen MR) is 83.8 cm³/mol. The third-order valence-corrected chi connectivity index (χ3v) is 4.70. The minimum absolute atomic E-state index is 0.293. The molecular formula is C17H28N2O. The lowest BCUT2D eigenvalue weighted by molar-refractivity contribution is 0.229. The lowest BCUT2D eigenvalue weighted by atomic mass is 9.85. The molecule has 0 aliphatic heterocycles. The Labute approximate surface area is 123 Å². The monoisotopic (exact) mass is 276 g/mol. The van der Waals surface area contributed by atoms with Crippen LogP contribution >= 0.6 is 0 Å². The smallest absolute Gasteiger partial charge is 0.119 e. The van der Waals surface area contributed by atoms with Gasteiger partial charge in [-0.1, -0.05) is 26.0 Å². The van der Waals surface area contributed by atoms with Crippen LogP contribution in [0.5, 0.6) is 5.75 Å². The summed E-state index contributed by atoms with van der Waals surface area (Å²) < 4.78 is 5.28. The van der Waals surface area contributed by atoms with Crippen LogP contribution in [0.15, 0.2) is 24.3 Å². The first kappa shape index (κ1) is 15.3. The Hall–Kier alpha value is -1.06. The van der Waals surface area contributed by atoms with Gasteiger partial charge in [-0.15, -0.1) is 0 Å². The highest BCUT2D eigenvalue weighted by atomic mass is 16.5. The van der Waals surface area contributed by atoms with Crippen LogP contribution in [0.3, 0.4) is 0 Å². The molecule has 2 atom stereocenters. The molecule has 0 spiro atoms. The fourth-order valence-corrected chi connectivity index (χ4v) is 3.29. The summed E-state index contributed by atoms with van der Waals surface area (Å²) in [6.07, 6.45) is 2.49. The summed E-state index contributed by atoms with van der Waals surface area (Å²) in [6, 6.07) is 8.60. The second kappa shape index (κ2) is 6.15. The number of nitrogens with zero attached hydrogens (tertiary/aromatic N) is 1. The molecule has 1 aromatic rings. The Kier molecular flexibility index (Phi) is 4.71. The fourth-order valence-electron chi connectivity index (χ4n) is 3.29. The van der Waals surface area contributed by atoms with Gasteiger partial charge in [0.25, 0.3) is 0 Å². The molecule has 3 nitrogen and oxygen atoms in total. The van der Waals surface area contributed by atoms with Crippen LogP contribution in [0.2, 0.25) is 0 Å². The predicted octanol–water partition coefficient (Wildman–Crippen LogP) is 2.89. The van der Waals surface area contributed by atoms with Crippen molar-refractivity contribution in [2.45, 2.75) is 39.3 Å². The standard InChI is InChI=1S/C17H28N2O/c1-17(2)9-8-14(16(17)18)12-19(3)11-13-6-5-7-15(10-13)20-4/h5-7,10,14,16H,8-9,11-12,18H2,1-4H3. The molecule has 20 heavy (non-hydrogen) atoms. The molecule has 0 radical (unpaired) electrons. The maximum Gasteiger partial charge on any atom is 0.119 e. The summed E-state index contributed by atoms with van der Waals surface area (Å²) in [5.41, 5.74) is 7.98. The van der Waals surface area contributed by atoms with Gasteiger partial charge in [-0.3, -0.25) is 0 Å². The number of ether oxygens (including phenoxy) is 1. The van der Waals surface area contributed by atoms with Crippen LogP contribution in [0.4, 0.5) is 0 Å². The van der Waals surface area contributed by atoms with E-state index in [1.165, 1.54) is 18.4 Å². The molecule has 2 N–H and O–H groups in total. The molecule has 2 unspecified atom stereocenters. The first-order valence-electron chi connectivity index (χ1n) is 7.49. The summed E-state index contributed by atoms with van der Waals surface area (Å²) in [6.45, 7) is 6.60. The van der Waals surface area contributed by atoms with Crippen LogP contribution < -0.4 is 10.5 Å². The highest BCUT2D eigenvalue weighted by Gasteiger charge is 2.39. The minimum Gasteiger partial charge on any atom is -0.497 e. The Bertz CT molecular complexity index is 444. The zero-order valence-electron chi connectivity index (χ0n) is 13.2. The van der Waals surface area contributed by atoms with Crippen molar-refractivity contribution in [3.8, 4) is 5.75 Å². The van der Waals surface area contributed by atoms with Crippen molar-refractivity contribution in [1.29, 1.82) is 0 Å². The van der Waals surface area contributed by atoms with E-state index >= 15 is 0 Å². The molecule has 0 amide bonds. The van der Waals surface area contributed by atoms with Gasteiger partial charge < -0.3 is 15.4 Å². The van der Waals surface area contributed by atoms with E-state index in [1.54, 1.807) is 7.11 Å². The van der Waals surface area contributed by atoms with Crippen molar-refractivity contribution in [3.05, 3.63) is 29.8 Å². The van der Waals surface area contributed by atoms with Crippen molar-refractivity contribution < 1.29 is 4.74 Å². The molecule has 0 aromatic heterocycles. The summed E-state index contributed by atoms with van der Waals surface area (Å²) in [5, 5.41) is 0. The second-order valence-corrected chi connectivity index (χ2v) is 6.86. The molecule has 0 saturated heterocycles. The van der Waals surface area contributed by atoms with Crippen LogP contribution in [0, 0.1) is 11.3 Å². The third-order valence-electron chi connectivity index (χ3n) is 4.70. The molecule has 0 bridgehead atoms. The normalized spacial score (nSPS) is 25.1.